The van der Waals surface area contributed by atoms with Gasteiger partial charge in [-0.05, 0) is 71.7 Å². The maximum absolute atomic E-state index is 13.1. The highest BCUT2D eigenvalue weighted by Gasteiger charge is 2.33. The Morgan fingerprint density at radius 3 is 2.41 bits per heavy atom. The molecular formula is C24H33N3O5. The van der Waals surface area contributed by atoms with Gasteiger partial charge in [0, 0.05) is 30.6 Å². The minimum atomic E-state index is -0.619. The lowest BCUT2D eigenvalue weighted by molar-refractivity contribution is 0.00541. The Labute approximate surface area is 189 Å². The maximum Gasteiger partial charge on any atom is 0.407 e. The van der Waals surface area contributed by atoms with E-state index in [1.165, 1.54) is 0 Å². The van der Waals surface area contributed by atoms with E-state index in [1.807, 2.05) is 59.7 Å². The van der Waals surface area contributed by atoms with Crippen molar-refractivity contribution >= 4 is 12.1 Å². The maximum atomic E-state index is 13.1. The van der Waals surface area contributed by atoms with Crippen LogP contribution in [0.2, 0.25) is 0 Å². The molecule has 3 rings (SSSR count). The summed E-state index contributed by atoms with van der Waals surface area (Å²) in [5.74, 6) is 0.375. The molecule has 1 aromatic heterocycles. The summed E-state index contributed by atoms with van der Waals surface area (Å²) in [6.45, 7) is 11.8. The highest BCUT2D eigenvalue weighted by atomic mass is 16.6. The van der Waals surface area contributed by atoms with E-state index in [9.17, 15) is 9.59 Å². The number of alkyl carbamates (subject to hydrolysis) is 1. The standard InChI is InChI=1S/C24H33N3O5/c1-23(2,3)31-21(28)20-18-14-15-13-16(30-7)9-10-17(15)19(18)26-27(20)12-8-11-25-22(29)32-24(4,5)6/h9-10,13H,8,11-12,14H2,1-7H3,(H,25,29). The molecule has 8 nitrogen and oxygen atoms in total. The number of fused-ring (bicyclic) bond motifs is 3. The van der Waals surface area contributed by atoms with Crippen LogP contribution in [0.1, 0.15) is 69.6 Å². The molecular weight excluding hydrogens is 410 g/mol. The molecule has 1 amide bonds. The quantitative estimate of drug-likeness (QED) is 0.450. The van der Waals surface area contributed by atoms with Crippen LogP contribution >= 0.6 is 0 Å². The molecule has 0 bridgehead atoms. The lowest BCUT2D eigenvalue weighted by atomic mass is 10.1. The SMILES string of the molecule is COc1ccc2c(c1)Cc1c-2nn(CCCNC(=O)OC(C)(C)C)c1C(=O)OC(C)(C)C. The minimum Gasteiger partial charge on any atom is -0.497 e. The highest BCUT2D eigenvalue weighted by Crippen LogP contribution is 2.39. The Kier molecular flexibility index (Phi) is 6.53. The molecule has 0 spiro atoms. The van der Waals surface area contributed by atoms with E-state index in [1.54, 1.807) is 11.8 Å². The van der Waals surface area contributed by atoms with Crippen LogP contribution in [0.25, 0.3) is 11.3 Å². The Morgan fingerprint density at radius 2 is 1.78 bits per heavy atom. The molecule has 0 unspecified atom stereocenters. The molecule has 1 aromatic carbocycles. The van der Waals surface area contributed by atoms with Gasteiger partial charge in [0.15, 0.2) is 5.69 Å². The second-order valence-electron chi connectivity index (χ2n) is 9.88. The first-order valence-corrected chi connectivity index (χ1v) is 10.8. The summed E-state index contributed by atoms with van der Waals surface area (Å²) in [6, 6.07) is 5.84. The zero-order chi connectivity index (χ0) is 23.7. The van der Waals surface area contributed by atoms with E-state index in [4.69, 9.17) is 19.3 Å². The zero-order valence-electron chi connectivity index (χ0n) is 20.0. The van der Waals surface area contributed by atoms with Gasteiger partial charge >= 0.3 is 12.1 Å². The van der Waals surface area contributed by atoms with Crippen LogP contribution in [0.15, 0.2) is 18.2 Å². The van der Waals surface area contributed by atoms with Crippen molar-refractivity contribution < 1.29 is 23.8 Å². The van der Waals surface area contributed by atoms with Gasteiger partial charge in [0.05, 0.1) is 12.8 Å². The number of nitrogens with zero attached hydrogens (tertiary/aromatic N) is 2. The van der Waals surface area contributed by atoms with E-state index in [0.29, 0.717) is 31.6 Å². The molecule has 0 fully saturated rings. The fourth-order valence-electron chi connectivity index (χ4n) is 3.60. The Hall–Kier alpha value is -3.03. The van der Waals surface area contributed by atoms with Crippen LogP contribution in [-0.4, -0.2) is 46.7 Å². The lowest BCUT2D eigenvalue weighted by Crippen LogP contribution is -2.33. The predicted octanol–water partition coefficient (Wildman–Crippen LogP) is 4.33. The van der Waals surface area contributed by atoms with Gasteiger partial charge in [0.25, 0.3) is 0 Å². The zero-order valence-corrected chi connectivity index (χ0v) is 20.0. The number of ether oxygens (including phenoxy) is 3. The van der Waals surface area contributed by atoms with Gasteiger partial charge in [0.2, 0.25) is 0 Å². The third-order valence-electron chi connectivity index (χ3n) is 4.79. The fraction of sp³-hybridized carbons (Fsp3) is 0.542. The third-order valence-corrected chi connectivity index (χ3v) is 4.79. The van der Waals surface area contributed by atoms with Crippen LogP contribution in [0.4, 0.5) is 4.79 Å². The molecule has 1 aliphatic carbocycles. The Morgan fingerprint density at radius 1 is 1.09 bits per heavy atom. The van der Waals surface area contributed by atoms with E-state index in [2.05, 4.69) is 5.32 Å². The van der Waals surface area contributed by atoms with Crippen LogP contribution in [0.3, 0.4) is 0 Å². The molecule has 174 valence electrons. The number of esters is 1. The van der Waals surface area contributed by atoms with Crippen LogP contribution in [0.5, 0.6) is 5.75 Å². The highest BCUT2D eigenvalue weighted by molar-refractivity contribution is 5.93. The first-order valence-electron chi connectivity index (χ1n) is 10.8. The van der Waals surface area contributed by atoms with Crippen LogP contribution in [-0.2, 0) is 22.4 Å². The van der Waals surface area contributed by atoms with Crippen molar-refractivity contribution in [2.45, 2.75) is 72.1 Å². The van der Waals surface area contributed by atoms with E-state index in [-0.39, 0.29) is 0 Å². The van der Waals surface area contributed by atoms with Gasteiger partial charge in [0.1, 0.15) is 17.0 Å². The number of hydrogen-bond donors (Lipinski definition) is 1. The molecule has 0 aliphatic heterocycles. The van der Waals surface area contributed by atoms with Crippen molar-refractivity contribution in [3.05, 3.63) is 35.0 Å². The first-order chi connectivity index (χ1) is 14.9. The molecule has 1 aliphatic rings. The van der Waals surface area contributed by atoms with Gasteiger partial charge in [-0.1, -0.05) is 0 Å². The summed E-state index contributed by atoms with van der Waals surface area (Å²) in [5, 5.41) is 7.49. The number of aryl methyl sites for hydroxylation is 1. The van der Waals surface area contributed by atoms with Crippen molar-refractivity contribution in [2.75, 3.05) is 13.7 Å². The Balaban J connectivity index is 1.80. The van der Waals surface area contributed by atoms with Gasteiger partial charge in [-0.15, -0.1) is 0 Å². The van der Waals surface area contributed by atoms with E-state index < -0.39 is 23.3 Å². The predicted molar refractivity (Wildman–Crippen MR) is 121 cm³/mol. The van der Waals surface area contributed by atoms with Gasteiger partial charge < -0.3 is 19.5 Å². The van der Waals surface area contributed by atoms with E-state index >= 15 is 0 Å². The normalized spacial score (nSPS) is 12.7. The van der Waals surface area contributed by atoms with Crippen molar-refractivity contribution in [3.8, 4) is 17.0 Å². The summed E-state index contributed by atoms with van der Waals surface area (Å²) in [4.78, 5) is 24.9. The topological polar surface area (TPSA) is 91.7 Å². The minimum absolute atomic E-state index is 0.397. The molecule has 0 atom stereocenters. The number of hydrogen-bond acceptors (Lipinski definition) is 6. The number of aromatic nitrogens is 2. The fourth-order valence-corrected chi connectivity index (χ4v) is 3.60. The summed E-state index contributed by atoms with van der Waals surface area (Å²) in [5.41, 5.74) is 3.02. The van der Waals surface area contributed by atoms with Crippen molar-refractivity contribution in [1.29, 1.82) is 0 Å². The molecule has 2 aromatic rings. The van der Waals surface area contributed by atoms with Gasteiger partial charge in [-0.2, -0.15) is 5.10 Å². The molecule has 1 heterocycles. The monoisotopic (exact) mass is 443 g/mol. The van der Waals surface area contributed by atoms with Crippen molar-refractivity contribution in [3.63, 3.8) is 0 Å². The van der Waals surface area contributed by atoms with Crippen LogP contribution < -0.4 is 10.1 Å². The number of amides is 1. The number of carbonyl (C=O) groups is 2. The molecule has 32 heavy (non-hydrogen) atoms. The summed E-state index contributed by atoms with van der Waals surface area (Å²) >= 11 is 0. The smallest absolute Gasteiger partial charge is 0.407 e. The lowest BCUT2D eigenvalue weighted by Gasteiger charge is -2.21. The molecule has 0 radical (unpaired) electrons. The number of rotatable bonds is 6. The van der Waals surface area contributed by atoms with Gasteiger partial charge in [-0.25, -0.2) is 9.59 Å². The third kappa shape index (κ3) is 5.60. The number of benzene rings is 1. The largest absolute Gasteiger partial charge is 0.497 e. The Bertz CT molecular complexity index is 1010. The van der Waals surface area contributed by atoms with E-state index in [0.717, 1.165) is 28.1 Å². The average Bonchev–Trinajstić information content (AvgIpc) is 3.16. The summed E-state index contributed by atoms with van der Waals surface area (Å²) in [7, 11) is 1.63. The summed E-state index contributed by atoms with van der Waals surface area (Å²) in [6.07, 6.45) is 0.716. The van der Waals surface area contributed by atoms with Gasteiger partial charge in [-0.3, -0.25) is 4.68 Å². The molecule has 8 heteroatoms. The number of methoxy groups -OCH3 is 1. The number of carbonyl (C=O) groups excluding carboxylic acids is 2. The molecule has 0 saturated heterocycles. The summed E-state index contributed by atoms with van der Waals surface area (Å²) < 4.78 is 18.0. The molecule has 0 saturated carbocycles. The molecule has 1 N–H and O–H groups in total. The van der Waals surface area contributed by atoms with Crippen molar-refractivity contribution in [2.24, 2.45) is 0 Å². The average molecular weight is 444 g/mol. The number of nitrogens with one attached hydrogen (secondary N) is 1. The second-order valence-corrected chi connectivity index (χ2v) is 9.88. The van der Waals surface area contributed by atoms with Crippen molar-refractivity contribution in [1.82, 2.24) is 15.1 Å². The van der Waals surface area contributed by atoms with Crippen LogP contribution in [0, 0.1) is 0 Å². The first kappa shape index (κ1) is 23.6. The second kappa shape index (κ2) is 8.84.